The zero-order valence-corrected chi connectivity index (χ0v) is 10.7. The molecule has 0 heterocycles. The summed E-state index contributed by atoms with van der Waals surface area (Å²) in [7, 11) is 3.39. The summed E-state index contributed by atoms with van der Waals surface area (Å²) >= 11 is 0. The van der Waals surface area contributed by atoms with Crippen molar-refractivity contribution in [2.45, 2.75) is 38.6 Å². The lowest BCUT2D eigenvalue weighted by Crippen LogP contribution is -2.35. The highest BCUT2D eigenvalue weighted by Crippen LogP contribution is 2.06. The van der Waals surface area contributed by atoms with Crippen molar-refractivity contribution in [3.8, 4) is 0 Å². The minimum Gasteiger partial charge on any atom is -0.356 e. The molecule has 0 fully saturated rings. The number of hydrogen-bond donors (Lipinski definition) is 2. The second-order valence-corrected chi connectivity index (χ2v) is 4.88. The Labute approximate surface area is 97.4 Å². The molecule has 16 heavy (non-hydrogen) atoms. The molecule has 0 radical (unpaired) electrons. The summed E-state index contributed by atoms with van der Waals surface area (Å²) in [5.74, 6) is -0.0375. The van der Waals surface area contributed by atoms with Crippen molar-refractivity contribution in [3.05, 3.63) is 0 Å². The predicted molar refractivity (Wildman–Crippen MR) is 63.8 cm³/mol. The molecule has 0 atom stereocenters. The average Bonchev–Trinajstić information content (AvgIpc) is 2.13. The Hall–Kier alpha value is -1.10. The second kappa shape index (κ2) is 6.48. The van der Waals surface area contributed by atoms with Crippen LogP contribution in [-0.2, 0) is 9.59 Å². The van der Waals surface area contributed by atoms with Crippen molar-refractivity contribution in [2.24, 2.45) is 5.73 Å². The molecule has 0 spiro atoms. The van der Waals surface area contributed by atoms with Crippen LogP contribution in [0.25, 0.3) is 0 Å². The molecule has 5 heteroatoms. The molecule has 0 saturated carbocycles. The van der Waals surface area contributed by atoms with Gasteiger partial charge in [-0.15, -0.1) is 0 Å². The highest BCUT2D eigenvalue weighted by molar-refractivity contribution is 5.78. The van der Waals surface area contributed by atoms with E-state index in [2.05, 4.69) is 5.32 Å². The van der Waals surface area contributed by atoms with Gasteiger partial charge in [-0.1, -0.05) is 0 Å². The lowest BCUT2D eigenvalue weighted by molar-refractivity contribution is -0.128. The molecule has 5 nitrogen and oxygen atoms in total. The topological polar surface area (TPSA) is 75.4 Å². The van der Waals surface area contributed by atoms with Gasteiger partial charge in [-0.2, -0.15) is 0 Å². The summed E-state index contributed by atoms with van der Waals surface area (Å²) in [4.78, 5) is 24.1. The molecule has 0 rings (SSSR count). The Balaban J connectivity index is 3.63. The molecule has 94 valence electrons. The maximum atomic E-state index is 11.3. The fraction of sp³-hybridized carbons (Fsp3) is 0.818. The maximum Gasteiger partial charge on any atom is 0.223 e. The van der Waals surface area contributed by atoms with Crippen molar-refractivity contribution in [1.82, 2.24) is 10.2 Å². The van der Waals surface area contributed by atoms with Crippen molar-refractivity contribution in [1.29, 1.82) is 0 Å². The first kappa shape index (κ1) is 14.9. The molecule has 0 aliphatic heterocycles. The van der Waals surface area contributed by atoms with Crippen LogP contribution in [-0.4, -0.2) is 42.9 Å². The molecule has 0 aromatic rings. The van der Waals surface area contributed by atoms with Gasteiger partial charge in [0.1, 0.15) is 0 Å². The van der Waals surface area contributed by atoms with Crippen LogP contribution in [0, 0.1) is 0 Å². The number of carbonyl (C=O) groups is 2. The third-order valence-corrected chi connectivity index (χ3v) is 2.16. The summed E-state index contributed by atoms with van der Waals surface area (Å²) in [6.07, 6.45) is 1.38. The molecule has 0 aromatic heterocycles. The Morgan fingerprint density at radius 1 is 1.25 bits per heavy atom. The van der Waals surface area contributed by atoms with Crippen LogP contribution in [0.2, 0.25) is 0 Å². The first-order valence-corrected chi connectivity index (χ1v) is 5.48. The third-order valence-electron chi connectivity index (χ3n) is 2.16. The molecule has 0 aromatic carbocycles. The summed E-state index contributed by atoms with van der Waals surface area (Å²) in [6, 6.07) is 0. The molecule has 0 unspecified atom stereocenters. The quantitative estimate of drug-likeness (QED) is 0.678. The van der Waals surface area contributed by atoms with E-state index < -0.39 is 0 Å². The van der Waals surface area contributed by atoms with Crippen LogP contribution in [0.3, 0.4) is 0 Å². The van der Waals surface area contributed by atoms with Crippen LogP contribution in [0.5, 0.6) is 0 Å². The number of nitrogens with two attached hydrogens (primary N) is 1. The lowest BCUT2D eigenvalue weighted by Gasteiger charge is -2.17. The molecular formula is C11H23N3O2. The van der Waals surface area contributed by atoms with E-state index in [1.165, 1.54) is 4.90 Å². The number of rotatable bonds is 6. The van der Waals surface area contributed by atoms with E-state index in [0.717, 1.165) is 0 Å². The normalized spacial score (nSPS) is 11.1. The summed E-state index contributed by atoms with van der Waals surface area (Å²) < 4.78 is 0. The van der Waals surface area contributed by atoms with Crippen LogP contribution >= 0.6 is 0 Å². The highest BCUT2D eigenvalue weighted by Gasteiger charge is 2.13. The molecule has 0 bridgehead atoms. The first-order chi connectivity index (χ1) is 7.22. The van der Waals surface area contributed by atoms with Gasteiger partial charge in [0.15, 0.2) is 0 Å². The summed E-state index contributed by atoms with van der Waals surface area (Å²) in [6.45, 7) is 4.16. The Bertz CT molecular complexity index is 244. The molecule has 3 N–H and O–H groups in total. The third kappa shape index (κ3) is 8.23. The van der Waals surface area contributed by atoms with E-state index in [4.69, 9.17) is 5.73 Å². The van der Waals surface area contributed by atoms with Gasteiger partial charge in [0.2, 0.25) is 11.8 Å². The van der Waals surface area contributed by atoms with Gasteiger partial charge in [-0.05, 0) is 20.3 Å². The molecule has 0 aliphatic rings. The van der Waals surface area contributed by atoms with Crippen molar-refractivity contribution in [3.63, 3.8) is 0 Å². The molecule has 0 aliphatic carbocycles. The zero-order valence-electron chi connectivity index (χ0n) is 10.7. The smallest absolute Gasteiger partial charge is 0.223 e. The predicted octanol–water partition coefficient (Wildman–Crippen LogP) is 0.0984. The van der Waals surface area contributed by atoms with Gasteiger partial charge >= 0.3 is 0 Å². The van der Waals surface area contributed by atoms with Crippen LogP contribution in [0.15, 0.2) is 0 Å². The second-order valence-electron chi connectivity index (χ2n) is 4.88. The number of carbonyl (C=O) groups excluding carboxylic acids is 2. The Morgan fingerprint density at radius 2 is 1.81 bits per heavy atom. The van der Waals surface area contributed by atoms with E-state index in [1.807, 2.05) is 13.8 Å². The summed E-state index contributed by atoms with van der Waals surface area (Å²) in [5.41, 5.74) is 5.44. The molecular weight excluding hydrogens is 206 g/mol. The minimum absolute atomic E-state index is 0.0134. The first-order valence-electron chi connectivity index (χ1n) is 5.48. The SMILES string of the molecule is CN(C)C(=O)CCNC(=O)CCC(C)(C)N. The van der Waals surface area contributed by atoms with Crippen molar-refractivity contribution in [2.75, 3.05) is 20.6 Å². The number of hydrogen-bond acceptors (Lipinski definition) is 3. The largest absolute Gasteiger partial charge is 0.356 e. The fourth-order valence-corrected chi connectivity index (χ4v) is 1.06. The molecule has 2 amide bonds. The maximum absolute atomic E-state index is 11.3. The van der Waals surface area contributed by atoms with Gasteiger partial charge < -0.3 is 16.0 Å². The Morgan fingerprint density at radius 3 is 2.25 bits per heavy atom. The van der Waals surface area contributed by atoms with Crippen LogP contribution in [0.4, 0.5) is 0 Å². The van der Waals surface area contributed by atoms with Crippen LogP contribution in [0.1, 0.15) is 33.1 Å². The molecule has 0 saturated heterocycles. The monoisotopic (exact) mass is 229 g/mol. The number of nitrogens with one attached hydrogen (secondary N) is 1. The zero-order chi connectivity index (χ0) is 12.8. The van der Waals surface area contributed by atoms with Crippen LogP contribution < -0.4 is 11.1 Å². The van der Waals surface area contributed by atoms with E-state index in [9.17, 15) is 9.59 Å². The van der Waals surface area contributed by atoms with E-state index >= 15 is 0 Å². The number of nitrogens with zero attached hydrogens (tertiary/aromatic N) is 1. The standard InChI is InChI=1S/C11H23N3O2/c1-11(2,12)7-5-9(15)13-8-6-10(16)14(3)4/h5-8,12H2,1-4H3,(H,13,15). The fourth-order valence-electron chi connectivity index (χ4n) is 1.06. The minimum atomic E-state index is -0.323. The summed E-state index contributed by atoms with van der Waals surface area (Å²) in [5, 5.41) is 2.70. The van der Waals surface area contributed by atoms with Gasteiger partial charge in [-0.25, -0.2) is 0 Å². The van der Waals surface area contributed by atoms with Gasteiger partial charge in [0, 0.05) is 39.0 Å². The van der Waals surface area contributed by atoms with Gasteiger partial charge in [0.05, 0.1) is 0 Å². The highest BCUT2D eigenvalue weighted by atomic mass is 16.2. The van der Waals surface area contributed by atoms with Gasteiger partial charge in [-0.3, -0.25) is 9.59 Å². The van der Waals surface area contributed by atoms with E-state index in [0.29, 0.717) is 25.8 Å². The lowest BCUT2D eigenvalue weighted by atomic mass is 10.00. The van der Waals surface area contributed by atoms with E-state index in [-0.39, 0.29) is 17.4 Å². The average molecular weight is 229 g/mol. The van der Waals surface area contributed by atoms with E-state index in [1.54, 1.807) is 14.1 Å². The van der Waals surface area contributed by atoms with Gasteiger partial charge in [0.25, 0.3) is 0 Å². The van der Waals surface area contributed by atoms with Crippen molar-refractivity contribution >= 4 is 11.8 Å². The number of amides is 2. The Kier molecular flexibility index (Phi) is 6.03. The van der Waals surface area contributed by atoms with Crippen molar-refractivity contribution < 1.29 is 9.59 Å².